The van der Waals surface area contributed by atoms with E-state index in [1.165, 1.54) is 12.1 Å². The van der Waals surface area contributed by atoms with Crippen LogP contribution in [0.2, 0.25) is 0 Å². The summed E-state index contributed by atoms with van der Waals surface area (Å²) in [6, 6.07) is 6.18. The molecular weight excluding hydrogens is 290 g/mol. The van der Waals surface area contributed by atoms with Crippen LogP contribution in [0.3, 0.4) is 0 Å². The first-order chi connectivity index (χ1) is 10.3. The SMILES string of the molecule is NC(CCc1cccc(C(=O)O)c1)(C(=O)O)C1CC1C(=O)O. The molecule has 3 atom stereocenters. The lowest BCUT2D eigenvalue weighted by Crippen LogP contribution is -2.51. The number of hydrogen-bond donors (Lipinski definition) is 4. The Morgan fingerprint density at radius 1 is 1.23 bits per heavy atom. The van der Waals surface area contributed by atoms with Gasteiger partial charge in [-0.25, -0.2) is 4.79 Å². The second-order valence-electron chi connectivity index (χ2n) is 5.64. The molecule has 0 aliphatic heterocycles. The summed E-state index contributed by atoms with van der Waals surface area (Å²) in [4.78, 5) is 33.3. The largest absolute Gasteiger partial charge is 0.481 e. The second kappa shape index (κ2) is 5.76. The molecule has 118 valence electrons. The number of benzene rings is 1. The molecule has 0 aromatic heterocycles. The van der Waals surface area contributed by atoms with Crippen molar-refractivity contribution in [1.29, 1.82) is 0 Å². The minimum Gasteiger partial charge on any atom is -0.481 e. The zero-order valence-corrected chi connectivity index (χ0v) is 11.7. The molecule has 7 heteroatoms. The number of carboxylic acid groups (broad SMARTS) is 3. The van der Waals surface area contributed by atoms with Gasteiger partial charge >= 0.3 is 17.9 Å². The van der Waals surface area contributed by atoms with E-state index in [1.54, 1.807) is 12.1 Å². The van der Waals surface area contributed by atoms with E-state index in [1.807, 2.05) is 0 Å². The molecule has 1 saturated carbocycles. The van der Waals surface area contributed by atoms with E-state index in [0.29, 0.717) is 5.56 Å². The summed E-state index contributed by atoms with van der Waals surface area (Å²) in [5.41, 5.74) is 5.10. The first-order valence-electron chi connectivity index (χ1n) is 6.83. The van der Waals surface area contributed by atoms with Gasteiger partial charge in [0.1, 0.15) is 5.54 Å². The molecule has 1 aliphatic carbocycles. The first kappa shape index (κ1) is 16.0. The van der Waals surface area contributed by atoms with Gasteiger partial charge in [-0.2, -0.15) is 0 Å². The van der Waals surface area contributed by atoms with E-state index in [9.17, 15) is 19.5 Å². The molecule has 1 fully saturated rings. The average molecular weight is 307 g/mol. The van der Waals surface area contributed by atoms with Crippen LogP contribution in [-0.4, -0.2) is 38.8 Å². The summed E-state index contributed by atoms with van der Waals surface area (Å²) in [7, 11) is 0. The normalized spacial score (nSPS) is 22.6. The zero-order valence-electron chi connectivity index (χ0n) is 11.7. The number of rotatable bonds is 7. The van der Waals surface area contributed by atoms with Crippen molar-refractivity contribution < 1.29 is 29.7 Å². The number of aliphatic carboxylic acids is 2. The summed E-state index contributed by atoms with van der Waals surface area (Å²) in [6.45, 7) is 0. The predicted molar refractivity (Wildman–Crippen MR) is 75.5 cm³/mol. The summed E-state index contributed by atoms with van der Waals surface area (Å²) in [6.07, 6.45) is 0.583. The van der Waals surface area contributed by atoms with Gasteiger partial charge in [-0.3, -0.25) is 9.59 Å². The van der Waals surface area contributed by atoms with Crippen LogP contribution in [0.15, 0.2) is 24.3 Å². The molecule has 0 spiro atoms. The Balaban J connectivity index is 2.10. The average Bonchev–Trinajstić information content (AvgIpc) is 3.26. The van der Waals surface area contributed by atoms with E-state index in [-0.39, 0.29) is 24.8 Å². The third kappa shape index (κ3) is 3.09. The van der Waals surface area contributed by atoms with Crippen LogP contribution in [0.5, 0.6) is 0 Å². The van der Waals surface area contributed by atoms with Crippen molar-refractivity contribution in [2.45, 2.75) is 24.8 Å². The minimum absolute atomic E-state index is 0.0554. The second-order valence-corrected chi connectivity index (χ2v) is 5.64. The third-order valence-electron chi connectivity index (χ3n) is 4.17. The molecule has 22 heavy (non-hydrogen) atoms. The maximum atomic E-state index is 11.5. The van der Waals surface area contributed by atoms with E-state index >= 15 is 0 Å². The lowest BCUT2D eigenvalue weighted by atomic mass is 9.86. The topological polar surface area (TPSA) is 138 Å². The van der Waals surface area contributed by atoms with Crippen LogP contribution in [0.25, 0.3) is 0 Å². The molecule has 0 amide bonds. The van der Waals surface area contributed by atoms with Gasteiger partial charge in [0.15, 0.2) is 0 Å². The molecular formula is C15H17NO6. The number of carboxylic acids is 3. The van der Waals surface area contributed by atoms with E-state index < -0.39 is 35.3 Å². The molecule has 2 rings (SSSR count). The molecule has 5 N–H and O–H groups in total. The molecule has 0 heterocycles. The fourth-order valence-corrected chi connectivity index (χ4v) is 2.70. The molecule has 7 nitrogen and oxygen atoms in total. The molecule has 0 saturated heterocycles. The van der Waals surface area contributed by atoms with Crippen LogP contribution < -0.4 is 5.73 Å². The van der Waals surface area contributed by atoms with Gasteiger partial charge in [-0.15, -0.1) is 0 Å². The molecule has 1 aromatic rings. The van der Waals surface area contributed by atoms with Crippen LogP contribution in [0, 0.1) is 11.8 Å². The van der Waals surface area contributed by atoms with E-state index in [4.69, 9.17) is 15.9 Å². The minimum atomic E-state index is -1.61. The predicted octanol–water partition coefficient (Wildman–Crippen LogP) is 0.820. The summed E-state index contributed by atoms with van der Waals surface area (Å²) in [5, 5.41) is 27.2. The highest BCUT2D eigenvalue weighted by Gasteiger charge is 2.57. The quantitative estimate of drug-likeness (QED) is 0.585. The zero-order chi connectivity index (χ0) is 16.5. The molecule has 1 aromatic carbocycles. The van der Waals surface area contributed by atoms with Crippen molar-refractivity contribution >= 4 is 17.9 Å². The van der Waals surface area contributed by atoms with Gasteiger partial charge in [-0.1, -0.05) is 12.1 Å². The van der Waals surface area contributed by atoms with Crippen molar-refractivity contribution in [3.63, 3.8) is 0 Å². The van der Waals surface area contributed by atoms with Gasteiger partial charge in [0.25, 0.3) is 0 Å². The van der Waals surface area contributed by atoms with Crippen LogP contribution in [0.1, 0.15) is 28.8 Å². The summed E-state index contributed by atoms with van der Waals surface area (Å²) < 4.78 is 0. The van der Waals surface area contributed by atoms with Gasteiger partial charge in [0.05, 0.1) is 11.5 Å². The molecule has 3 unspecified atom stereocenters. The Morgan fingerprint density at radius 2 is 1.91 bits per heavy atom. The van der Waals surface area contributed by atoms with Gasteiger partial charge in [-0.05, 0) is 37.0 Å². The van der Waals surface area contributed by atoms with E-state index in [2.05, 4.69) is 0 Å². The molecule has 1 aliphatic rings. The Labute approximate surface area is 126 Å². The van der Waals surface area contributed by atoms with Crippen molar-refractivity contribution in [3.8, 4) is 0 Å². The Morgan fingerprint density at radius 3 is 2.41 bits per heavy atom. The smallest absolute Gasteiger partial charge is 0.335 e. The van der Waals surface area contributed by atoms with E-state index in [0.717, 1.165) is 0 Å². The van der Waals surface area contributed by atoms with Crippen molar-refractivity contribution in [1.82, 2.24) is 0 Å². The Kier molecular flexibility index (Phi) is 4.18. The summed E-state index contributed by atoms with van der Waals surface area (Å²) in [5.74, 6) is -4.63. The maximum absolute atomic E-state index is 11.5. The van der Waals surface area contributed by atoms with Crippen molar-refractivity contribution in [3.05, 3.63) is 35.4 Å². The fourth-order valence-electron chi connectivity index (χ4n) is 2.70. The van der Waals surface area contributed by atoms with Crippen LogP contribution in [-0.2, 0) is 16.0 Å². The molecule has 0 bridgehead atoms. The first-order valence-corrected chi connectivity index (χ1v) is 6.83. The Hall–Kier alpha value is -2.41. The lowest BCUT2D eigenvalue weighted by molar-refractivity contribution is -0.145. The van der Waals surface area contributed by atoms with Gasteiger partial charge in [0, 0.05) is 5.92 Å². The highest BCUT2D eigenvalue weighted by atomic mass is 16.4. The molecule has 0 radical (unpaired) electrons. The number of carbonyl (C=O) groups is 3. The highest BCUT2D eigenvalue weighted by molar-refractivity contribution is 5.87. The number of aryl methyl sites for hydroxylation is 1. The fraction of sp³-hybridized carbons (Fsp3) is 0.400. The van der Waals surface area contributed by atoms with Gasteiger partial charge < -0.3 is 21.1 Å². The van der Waals surface area contributed by atoms with Crippen LogP contribution in [0.4, 0.5) is 0 Å². The number of nitrogens with two attached hydrogens (primary N) is 1. The standard InChI is InChI=1S/C15H17NO6/c16-15(14(21)22,11-7-10(11)13(19)20)5-4-8-2-1-3-9(6-8)12(17)18/h1-3,6,10-11H,4-5,7,16H2,(H,17,18)(H,19,20)(H,21,22). The van der Waals surface area contributed by atoms with Crippen molar-refractivity contribution in [2.75, 3.05) is 0 Å². The summed E-state index contributed by atoms with van der Waals surface area (Å²) >= 11 is 0. The monoisotopic (exact) mass is 307 g/mol. The van der Waals surface area contributed by atoms with Crippen LogP contribution >= 0.6 is 0 Å². The van der Waals surface area contributed by atoms with Crippen molar-refractivity contribution in [2.24, 2.45) is 17.6 Å². The number of hydrogen-bond acceptors (Lipinski definition) is 4. The highest BCUT2D eigenvalue weighted by Crippen LogP contribution is 2.47. The lowest BCUT2D eigenvalue weighted by Gasteiger charge is -2.25. The maximum Gasteiger partial charge on any atom is 0.335 e. The Bertz CT molecular complexity index is 628. The number of aromatic carboxylic acids is 1. The van der Waals surface area contributed by atoms with Gasteiger partial charge in [0.2, 0.25) is 0 Å². The third-order valence-corrected chi connectivity index (χ3v) is 4.17.